The quantitative estimate of drug-likeness (QED) is 0.511. The Hall–Kier alpha value is -1.24. The molecule has 0 saturated heterocycles. The Morgan fingerprint density at radius 3 is 2.56 bits per heavy atom. The maximum atomic E-state index is 11.4. The third-order valence-corrected chi connectivity index (χ3v) is 2.21. The Morgan fingerprint density at radius 1 is 1.44 bits per heavy atom. The van der Waals surface area contributed by atoms with Crippen LogP contribution in [0.4, 0.5) is 0 Å². The maximum absolute atomic E-state index is 11.4. The topological polar surface area (TPSA) is 104 Å². The molecule has 0 aliphatic heterocycles. The van der Waals surface area contributed by atoms with E-state index in [-0.39, 0.29) is 24.4 Å². The molecule has 16 heavy (non-hydrogen) atoms. The number of aliphatic hydroxyl groups is 3. The first-order valence-electron chi connectivity index (χ1n) is 4.83. The lowest BCUT2D eigenvalue weighted by Gasteiger charge is -2.26. The molecule has 3 unspecified atom stereocenters. The highest BCUT2D eigenvalue weighted by atomic mass is 16.5. The molecule has 6 heteroatoms. The van der Waals surface area contributed by atoms with E-state index in [1.165, 1.54) is 6.92 Å². The lowest BCUT2D eigenvalue weighted by atomic mass is 9.92. The zero-order valence-electron chi connectivity index (χ0n) is 8.79. The smallest absolute Gasteiger partial charge is 0.334 e. The first-order chi connectivity index (χ1) is 7.41. The summed E-state index contributed by atoms with van der Waals surface area (Å²) in [7, 11) is 0. The van der Waals surface area contributed by atoms with Crippen molar-refractivity contribution in [3.8, 4) is 0 Å². The molecule has 0 bridgehead atoms. The highest BCUT2D eigenvalue weighted by molar-refractivity contribution is 5.90. The van der Waals surface area contributed by atoms with Crippen LogP contribution in [0.2, 0.25) is 0 Å². The number of carbonyl (C=O) groups is 2. The molecule has 0 amide bonds. The second-order valence-corrected chi connectivity index (χ2v) is 3.72. The van der Waals surface area contributed by atoms with Gasteiger partial charge in [0.15, 0.2) is 5.78 Å². The number of hydrogen-bond donors (Lipinski definition) is 3. The summed E-state index contributed by atoms with van der Waals surface area (Å²) in [6.07, 6.45) is -2.79. The Labute approximate surface area is 92.1 Å². The van der Waals surface area contributed by atoms with Crippen LogP contribution in [0, 0.1) is 0 Å². The zero-order valence-corrected chi connectivity index (χ0v) is 8.79. The second-order valence-electron chi connectivity index (χ2n) is 3.72. The van der Waals surface area contributed by atoms with Crippen LogP contribution in [-0.4, -0.2) is 52.0 Å². The molecular weight excluding hydrogens is 216 g/mol. The summed E-state index contributed by atoms with van der Waals surface area (Å²) in [5, 5.41) is 27.8. The van der Waals surface area contributed by atoms with Crippen LogP contribution in [0.3, 0.4) is 0 Å². The summed E-state index contributed by atoms with van der Waals surface area (Å²) in [6, 6.07) is 0. The van der Waals surface area contributed by atoms with Crippen molar-refractivity contribution in [3.63, 3.8) is 0 Å². The predicted octanol–water partition coefficient (Wildman–Crippen LogP) is -1.47. The average molecular weight is 230 g/mol. The molecule has 0 aromatic heterocycles. The van der Waals surface area contributed by atoms with Crippen LogP contribution in [0.1, 0.15) is 13.3 Å². The highest BCUT2D eigenvalue weighted by Gasteiger charge is 2.32. The van der Waals surface area contributed by atoms with Gasteiger partial charge in [-0.05, 0) is 13.0 Å². The van der Waals surface area contributed by atoms with Crippen LogP contribution in [0.15, 0.2) is 11.6 Å². The summed E-state index contributed by atoms with van der Waals surface area (Å²) < 4.78 is 4.61. The van der Waals surface area contributed by atoms with Crippen molar-refractivity contribution in [3.05, 3.63) is 11.6 Å². The lowest BCUT2D eigenvalue weighted by Crippen LogP contribution is -2.41. The summed E-state index contributed by atoms with van der Waals surface area (Å²) in [4.78, 5) is 21.9. The van der Waals surface area contributed by atoms with Gasteiger partial charge in [0.05, 0.1) is 6.10 Å². The minimum atomic E-state index is -1.30. The summed E-state index contributed by atoms with van der Waals surface area (Å²) in [5.41, 5.74) is 0.0616. The number of Topliss-reactive ketones (excluding diaryl/α,β-unsaturated/α-hetero) is 1. The van der Waals surface area contributed by atoms with Gasteiger partial charge in [0.1, 0.15) is 18.8 Å². The Balaban J connectivity index is 2.63. The maximum Gasteiger partial charge on any atom is 0.334 e. The molecule has 0 heterocycles. The van der Waals surface area contributed by atoms with Crippen molar-refractivity contribution in [2.75, 3.05) is 6.61 Å². The molecule has 0 aromatic rings. The van der Waals surface area contributed by atoms with Crippen LogP contribution in [0.5, 0.6) is 0 Å². The summed E-state index contributed by atoms with van der Waals surface area (Å²) >= 11 is 0. The number of ketones is 1. The molecule has 0 spiro atoms. The average Bonchev–Trinajstić information content (AvgIpc) is 2.21. The molecule has 3 atom stereocenters. The number of ether oxygens (including phenoxy) is 1. The third-order valence-electron chi connectivity index (χ3n) is 2.21. The molecule has 0 fully saturated rings. The van der Waals surface area contributed by atoms with Gasteiger partial charge in [-0.2, -0.15) is 0 Å². The van der Waals surface area contributed by atoms with Crippen molar-refractivity contribution < 1.29 is 29.6 Å². The molecule has 1 aliphatic carbocycles. The summed E-state index contributed by atoms with van der Waals surface area (Å²) in [6.45, 7) is 0.931. The van der Waals surface area contributed by atoms with E-state index in [0.29, 0.717) is 0 Å². The standard InChI is InChI=1S/C10H14O6/c1-5(11)4-16-10(15)6-2-7(12)9(14)8(13)3-6/h2,7-9,12-14H,3-4H2,1H3. The van der Waals surface area contributed by atoms with E-state index in [4.69, 9.17) is 0 Å². The van der Waals surface area contributed by atoms with Crippen LogP contribution < -0.4 is 0 Å². The molecule has 90 valence electrons. The predicted molar refractivity (Wildman–Crippen MR) is 52.4 cm³/mol. The molecule has 6 nitrogen and oxygen atoms in total. The van der Waals surface area contributed by atoms with Crippen LogP contribution in [0.25, 0.3) is 0 Å². The Morgan fingerprint density at radius 2 is 2.06 bits per heavy atom. The van der Waals surface area contributed by atoms with E-state index in [2.05, 4.69) is 4.74 Å². The monoisotopic (exact) mass is 230 g/mol. The van der Waals surface area contributed by atoms with Gasteiger partial charge in [-0.15, -0.1) is 0 Å². The molecule has 0 aromatic carbocycles. The van der Waals surface area contributed by atoms with Gasteiger partial charge < -0.3 is 20.1 Å². The van der Waals surface area contributed by atoms with E-state index in [1.807, 2.05) is 0 Å². The van der Waals surface area contributed by atoms with E-state index in [9.17, 15) is 24.9 Å². The largest absolute Gasteiger partial charge is 0.454 e. The number of esters is 1. The Bertz CT molecular complexity index is 321. The van der Waals surface area contributed by atoms with Crippen molar-refractivity contribution in [1.82, 2.24) is 0 Å². The van der Waals surface area contributed by atoms with Crippen LogP contribution in [-0.2, 0) is 14.3 Å². The normalized spacial score (nSPS) is 29.5. The fourth-order valence-electron chi connectivity index (χ4n) is 1.36. The zero-order chi connectivity index (χ0) is 12.3. The van der Waals surface area contributed by atoms with Gasteiger partial charge in [-0.3, -0.25) is 4.79 Å². The van der Waals surface area contributed by atoms with Gasteiger partial charge in [0, 0.05) is 12.0 Å². The van der Waals surface area contributed by atoms with E-state index >= 15 is 0 Å². The SMILES string of the molecule is CC(=O)COC(=O)C1=CC(O)C(O)C(O)C1. The minimum Gasteiger partial charge on any atom is -0.454 e. The fraction of sp³-hybridized carbons (Fsp3) is 0.600. The first kappa shape index (κ1) is 12.8. The molecule has 0 radical (unpaired) electrons. The Kier molecular flexibility index (Phi) is 4.17. The van der Waals surface area contributed by atoms with E-state index < -0.39 is 24.3 Å². The van der Waals surface area contributed by atoms with Gasteiger partial charge in [0.2, 0.25) is 0 Å². The van der Waals surface area contributed by atoms with Gasteiger partial charge in [-0.25, -0.2) is 4.79 Å². The van der Waals surface area contributed by atoms with Gasteiger partial charge >= 0.3 is 5.97 Å². The molecular formula is C10H14O6. The van der Waals surface area contributed by atoms with Crippen molar-refractivity contribution >= 4 is 11.8 Å². The number of carbonyl (C=O) groups excluding carboxylic acids is 2. The molecule has 3 N–H and O–H groups in total. The van der Waals surface area contributed by atoms with Gasteiger partial charge in [0.25, 0.3) is 0 Å². The first-order valence-corrected chi connectivity index (χ1v) is 4.83. The molecule has 0 saturated carbocycles. The lowest BCUT2D eigenvalue weighted by molar-refractivity contribution is -0.144. The van der Waals surface area contributed by atoms with E-state index in [0.717, 1.165) is 6.08 Å². The van der Waals surface area contributed by atoms with Crippen molar-refractivity contribution in [2.45, 2.75) is 31.7 Å². The highest BCUT2D eigenvalue weighted by Crippen LogP contribution is 2.20. The van der Waals surface area contributed by atoms with Gasteiger partial charge in [-0.1, -0.05) is 0 Å². The fourth-order valence-corrected chi connectivity index (χ4v) is 1.36. The molecule has 1 aliphatic rings. The van der Waals surface area contributed by atoms with Crippen molar-refractivity contribution in [2.24, 2.45) is 0 Å². The number of rotatable bonds is 3. The number of hydrogen-bond acceptors (Lipinski definition) is 6. The van der Waals surface area contributed by atoms with Crippen molar-refractivity contribution in [1.29, 1.82) is 0 Å². The van der Waals surface area contributed by atoms with Crippen LogP contribution >= 0.6 is 0 Å². The number of aliphatic hydroxyl groups excluding tert-OH is 3. The summed E-state index contributed by atoms with van der Waals surface area (Å²) in [5.74, 6) is -1.06. The third kappa shape index (κ3) is 3.13. The second kappa shape index (κ2) is 5.20. The minimum absolute atomic E-state index is 0.0616. The van der Waals surface area contributed by atoms with E-state index in [1.54, 1.807) is 0 Å². The molecule has 1 rings (SSSR count).